The Morgan fingerprint density at radius 3 is 2.71 bits per heavy atom. The van der Waals surface area contributed by atoms with Crippen molar-refractivity contribution in [2.24, 2.45) is 5.73 Å². The lowest BCUT2D eigenvalue weighted by atomic mass is 10.2. The molecule has 0 heterocycles. The maximum absolute atomic E-state index is 13.1. The molecule has 2 rings (SSSR count). The van der Waals surface area contributed by atoms with Gasteiger partial charge in [-0.2, -0.15) is 0 Å². The number of benzene rings is 2. The van der Waals surface area contributed by atoms with Crippen molar-refractivity contribution in [1.82, 2.24) is 0 Å². The average molecular weight is 342 g/mol. The number of hydrogen-bond acceptors (Lipinski definition) is 3. The molecule has 2 aromatic carbocycles. The summed E-state index contributed by atoms with van der Waals surface area (Å²) in [6, 6.07) is 9.50. The van der Waals surface area contributed by atoms with Crippen molar-refractivity contribution in [3.63, 3.8) is 0 Å². The highest BCUT2D eigenvalue weighted by atomic mass is 35.5. The van der Waals surface area contributed by atoms with Crippen LogP contribution in [0.3, 0.4) is 0 Å². The molecule has 2 nitrogen and oxygen atoms in total. The summed E-state index contributed by atoms with van der Waals surface area (Å²) in [6.07, 6.45) is 0. The van der Waals surface area contributed by atoms with Gasteiger partial charge in [0.1, 0.15) is 22.3 Å². The van der Waals surface area contributed by atoms with E-state index in [2.05, 4.69) is 0 Å². The number of hydrogen-bond donors (Lipinski definition) is 1. The number of nitrogens with two attached hydrogens (primary N) is 1. The average Bonchev–Trinajstić information content (AvgIpc) is 2.42. The van der Waals surface area contributed by atoms with Crippen molar-refractivity contribution >= 4 is 40.6 Å². The first-order chi connectivity index (χ1) is 10.0. The van der Waals surface area contributed by atoms with E-state index in [1.165, 1.54) is 18.2 Å². The zero-order chi connectivity index (χ0) is 15.4. The smallest absolute Gasteiger partial charge is 0.146 e. The second-order valence-electron chi connectivity index (χ2n) is 4.10. The first-order valence-electron chi connectivity index (χ1n) is 6.21. The van der Waals surface area contributed by atoms with Crippen molar-refractivity contribution in [3.05, 3.63) is 52.8 Å². The van der Waals surface area contributed by atoms with E-state index in [1.54, 1.807) is 17.8 Å². The van der Waals surface area contributed by atoms with E-state index < -0.39 is 5.82 Å². The van der Waals surface area contributed by atoms with E-state index in [1.807, 2.05) is 19.1 Å². The van der Waals surface area contributed by atoms with Gasteiger partial charge in [0.25, 0.3) is 0 Å². The van der Waals surface area contributed by atoms with Gasteiger partial charge in [-0.3, -0.25) is 0 Å². The molecule has 0 radical (unpaired) electrons. The van der Waals surface area contributed by atoms with Gasteiger partial charge < -0.3 is 10.5 Å². The molecular formula is C15H13ClFNOS2. The summed E-state index contributed by atoms with van der Waals surface area (Å²) in [6.45, 7) is 2.04. The topological polar surface area (TPSA) is 35.2 Å². The van der Waals surface area contributed by atoms with Gasteiger partial charge >= 0.3 is 0 Å². The SMILES string of the molecule is CCSc1cccc(Oc2ccc(F)cc2Cl)c1C(N)=S. The van der Waals surface area contributed by atoms with Gasteiger partial charge in [0.2, 0.25) is 0 Å². The van der Waals surface area contributed by atoms with Crippen LogP contribution in [0.2, 0.25) is 5.02 Å². The fraction of sp³-hybridized carbons (Fsp3) is 0.133. The second-order valence-corrected chi connectivity index (χ2v) is 6.26. The van der Waals surface area contributed by atoms with Crippen LogP contribution in [0.25, 0.3) is 0 Å². The van der Waals surface area contributed by atoms with Crippen LogP contribution >= 0.6 is 35.6 Å². The van der Waals surface area contributed by atoms with Crippen LogP contribution in [0.15, 0.2) is 41.3 Å². The predicted molar refractivity (Wildman–Crippen MR) is 90.2 cm³/mol. The Hall–Kier alpha value is -1.30. The lowest BCUT2D eigenvalue weighted by Gasteiger charge is -2.14. The molecule has 0 aliphatic carbocycles. The third-order valence-corrected chi connectivity index (χ3v) is 4.09. The summed E-state index contributed by atoms with van der Waals surface area (Å²) >= 11 is 12.7. The molecule has 110 valence electrons. The van der Waals surface area contributed by atoms with Crippen molar-refractivity contribution < 1.29 is 9.13 Å². The normalized spacial score (nSPS) is 10.4. The lowest BCUT2D eigenvalue weighted by molar-refractivity contribution is 0.478. The Labute approximate surface area is 137 Å². The predicted octanol–water partition coefficient (Wildman–Crippen LogP) is 5.02. The minimum absolute atomic E-state index is 0.192. The third kappa shape index (κ3) is 3.87. The molecular weight excluding hydrogens is 329 g/mol. The van der Waals surface area contributed by atoms with Crippen molar-refractivity contribution in [2.75, 3.05) is 5.75 Å². The van der Waals surface area contributed by atoms with Crippen LogP contribution in [-0.2, 0) is 0 Å². The fourth-order valence-corrected chi connectivity index (χ4v) is 3.11. The van der Waals surface area contributed by atoms with Crippen LogP contribution in [0.1, 0.15) is 12.5 Å². The number of ether oxygens (including phenoxy) is 1. The van der Waals surface area contributed by atoms with Gasteiger partial charge in [0, 0.05) is 4.90 Å². The molecule has 0 bridgehead atoms. The van der Waals surface area contributed by atoms with Gasteiger partial charge in [-0.25, -0.2) is 4.39 Å². The Morgan fingerprint density at radius 2 is 2.10 bits per heavy atom. The lowest BCUT2D eigenvalue weighted by Crippen LogP contribution is -2.12. The van der Waals surface area contributed by atoms with Gasteiger partial charge in [-0.1, -0.05) is 36.8 Å². The zero-order valence-electron chi connectivity index (χ0n) is 11.2. The van der Waals surface area contributed by atoms with Crippen molar-refractivity contribution in [3.8, 4) is 11.5 Å². The second kappa shape index (κ2) is 7.11. The molecule has 0 fully saturated rings. The van der Waals surface area contributed by atoms with E-state index >= 15 is 0 Å². The third-order valence-electron chi connectivity index (χ3n) is 2.65. The largest absolute Gasteiger partial charge is 0.455 e. The first-order valence-corrected chi connectivity index (χ1v) is 7.98. The number of thioether (sulfide) groups is 1. The first kappa shape index (κ1) is 16.1. The monoisotopic (exact) mass is 341 g/mol. The standard InChI is InChI=1S/C15H13ClFNOS2/c1-2-21-13-5-3-4-12(14(13)15(18)20)19-11-7-6-9(17)8-10(11)16/h3-8H,2H2,1H3,(H2,18,20). The minimum atomic E-state index is -0.419. The molecule has 0 saturated heterocycles. The molecule has 0 atom stereocenters. The molecule has 21 heavy (non-hydrogen) atoms. The van der Waals surface area contributed by atoms with E-state index in [4.69, 9.17) is 34.3 Å². The maximum atomic E-state index is 13.1. The minimum Gasteiger partial charge on any atom is -0.455 e. The van der Waals surface area contributed by atoms with Crippen LogP contribution < -0.4 is 10.5 Å². The molecule has 0 amide bonds. The quantitative estimate of drug-likeness (QED) is 0.612. The number of halogens is 2. The Balaban J connectivity index is 2.43. The summed E-state index contributed by atoms with van der Waals surface area (Å²) in [5.41, 5.74) is 6.47. The fourth-order valence-electron chi connectivity index (χ4n) is 1.79. The Kier molecular flexibility index (Phi) is 5.45. The highest BCUT2D eigenvalue weighted by Gasteiger charge is 2.14. The molecule has 0 spiro atoms. The molecule has 2 aromatic rings. The summed E-state index contributed by atoms with van der Waals surface area (Å²) in [5.74, 6) is 1.33. The summed E-state index contributed by atoms with van der Waals surface area (Å²) in [4.78, 5) is 1.19. The Morgan fingerprint density at radius 1 is 1.33 bits per heavy atom. The highest BCUT2D eigenvalue weighted by molar-refractivity contribution is 7.99. The summed E-state index contributed by atoms with van der Waals surface area (Å²) in [7, 11) is 0. The molecule has 0 aromatic heterocycles. The Bertz CT molecular complexity index is 679. The highest BCUT2D eigenvalue weighted by Crippen LogP contribution is 2.35. The van der Waals surface area contributed by atoms with Gasteiger partial charge in [-0.15, -0.1) is 11.8 Å². The van der Waals surface area contributed by atoms with Crippen LogP contribution in [0, 0.1) is 5.82 Å². The molecule has 0 unspecified atom stereocenters. The van der Waals surface area contributed by atoms with Gasteiger partial charge in [0.15, 0.2) is 0 Å². The number of rotatable bonds is 5. The molecule has 0 aliphatic rings. The van der Waals surface area contributed by atoms with Gasteiger partial charge in [-0.05, 0) is 36.1 Å². The molecule has 0 saturated carbocycles. The van der Waals surface area contributed by atoms with Crippen LogP contribution in [0.5, 0.6) is 11.5 Å². The van der Waals surface area contributed by atoms with Crippen molar-refractivity contribution in [2.45, 2.75) is 11.8 Å². The van der Waals surface area contributed by atoms with Gasteiger partial charge in [0.05, 0.1) is 10.6 Å². The van der Waals surface area contributed by atoms with Crippen LogP contribution in [0.4, 0.5) is 4.39 Å². The molecule has 6 heteroatoms. The zero-order valence-corrected chi connectivity index (χ0v) is 13.6. The maximum Gasteiger partial charge on any atom is 0.146 e. The van der Waals surface area contributed by atoms with Crippen LogP contribution in [-0.4, -0.2) is 10.7 Å². The summed E-state index contributed by atoms with van der Waals surface area (Å²) in [5, 5.41) is 0.192. The van der Waals surface area contributed by atoms with E-state index in [9.17, 15) is 4.39 Å². The van der Waals surface area contributed by atoms with E-state index in [-0.39, 0.29) is 10.0 Å². The van der Waals surface area contributed by atoms with Crippen molar-refractivity contribution in [1.29, 1.82) is 0 Å². The number of thiocarbonyl (C=S) groups is 1. The summed E-state index contributed by atoms with van der Waals surface area (Å²) < 4.78 is 18.8. The molecule has 0 aliphatic heterocycles. The van der Waals surface area contributed by atoms with E-state index in [0.717, 1.165) is 10.6 Å². The molecule has 2 N–H and O–H groups in total. The van der Waals surface area contributed by atoms with E-state index in [0.29, 0.717) is 17.1 Å².